The Kier molecular flexibility index (Phi) is 18.8. The molecule has 13 heavy (non-hydrogen) atoms. The zero-order chi connectivity index (χ0) is 10.2. The van der Waals surface area contributed by atoms with Gasteiger partial charge in [0.25, 0.3) is 0 Å². The zero-order valence-electron chi connectivity index (χ0n) is 9.21. The summed E-state index contributed by atoms with van der Waals surface area (Å²) in [5, 5.41) is 0. The first-order valence-corrected chi connectivity index (χ1v) is 6.73. The molecule has 0 saturated heterocycles. The van der Waals surface area contributed by atoms with Crippen molar-refractivity contribution in [2.75, 3.05) is 18.5 Å². The first kappa shape index (κ1) is 20.3. The second-order valence-electron chi connectivity index (χ2n) is 3.92. The maximum Gasteiger partial charge on any atom is 1.00 e. The van der Waals surface area contributed by atoms with E-state index in [0.29, 0.717) is 5.41 Å². The quantitative estimate of drug-likeness (QED) is 0.424. The van der Waals surface area contributed by atoms with Gasteiger partial charge in [0.05, 0.1) is 0 Å². The first-order chi connectivity index (χ1) is 5.41. The summed E-state index contributed by atoms with van der Waals surface area (Å²) < 4.78 is 0. The van der Waals surface area contributed by atoms with Gasteiger partial charge in [-0.2, -0.15) is 20.8 Å². The van der Waals surface area contributed by atoms with Gasteiger partial charge in [-0.15, -0.1) is 27.7 Å². The van der Waals surface area contributed by atoms with E-state index >= 15 is 0 Å². The molecule has 4 heteroatoms. The molecule has 0 heterocycles. The van der Waals surface area contributed by atoms with Crippen LogP contribution in [0.4, 0.5) is 0 Å². The van der Waals surface area contributed by atoms with Crippen molar-refractivity contribution >= 4 is 27.7 Å². The van der Waals surface area contributed by atoms with Crippen LogP contribution in [-0.4, -0.2) is 18.5 Å². The van der Waals surface area contributed by atoms with Gasteiger partial charge in [0.1, 0.15) is 0 Å². The Balaban J connectivity index is -0.000000173. The minimum atomic E-state index is 0. The minimum absolute atomic E-state index is 0. The van der Waals surface area contributed by atoms with Crippen molar-refractivity contribution in [1.82, 2.24) is 0 Å². The fraction of sp³-hybridized carbons (Fsp3) is 0.889. The molecule has 3 unspecified atom stereocenters. The van der Waals surface area contributed by atoms with Crippen molar-refractivity contribution in [3.05, 3.63) is 5.92 Å². The van der Waals surface area contributed by atoms with E-state index in [1.54, 1.807) is 0 Å². The molecule has 0 bridgehead atoms. The first-order valence-electron chi connectivity index (χ1n) is 4.29. The van der Waals surface area contributed by atoms with Crippen molar-refractivity contribution in [3.63, 3.8) is 0 Å². The third-order valence-corrected chi connectivity index (χ3v) is 4.44. The summed E-state index contributed by atoms with van der Waals surface area (Å²) in [5.41, 5.74) is 0.514. The van der Waals surface area contributed by atoms with Crippen LogP contribution in [0.15, 0.2) is 0 Å². The summed E-state index contributed by atoms with van der Waals surface area (Å²) in [6, 6.07) is 0. The predicted molar refractivity (Wildman–Crippen MR) is 72.1 cm³/mol. The van der Waals surface area contributed by atoms with Crippen LogP contribution in [0.3, 0.4) is 0 Å². The smallest absolute Gasteiger partial charge is 0.323 e. The van der Waals surface area contributed by atoms with Crippen LogP contribution in [-0.2, 0) is 19.5 Å². The molecule has 83 valence electrons. The molecule has 0 rings (SSSR count). The maximum atomic E-state index is 2.79. The van der Waals surface area contributed by atoms with Gasteiger partial charge in [-0.05, 0) is 23.9 Å². The molecule has 0 aliphatic carbocycles. The summed E-state index contributed by atoms with van der Waals surface area (Å²) in [6.07, 6.45) is 3.58. The second kappa shape index (κ2) is 12.0. The molecule has 0 aromatic rings. The van der Waals surface area contributed by atoms with Crippen molar-refractivity contribution < 1.29 is 19.5 Å². The summed E-state index contributed by atoms with van der Waals surface area (Å²) in [7, 11) is 8.36. The molecule has 0 N–H and O–H groups in total. The largest absolute Gasteiger partial charge is 1.00 e. The SMILES string of the molecule is CC(CP)(CP)CP.C[C-](C)C.[Ru+]. The van der Waals surface area contributed by atoms with E-state index in [2.05, 4.69) is 55.4 Å². The van der Waals surface area contributed by atoms with Crippen LogP contribution in [0.25, 0.3) is 0 Å². The van der Waals surface area contributed by atoms with Gasteiger partial charge in [0.2, 0.25) is 0 Å². The van der Waals surface area contributed by atoms with Gasteiger partial charge < -0.3 is 5.92 Å². The fourth-order valence-corrected chi connectivity index (χ4v) is 2.25. The van der Waals surface area contributed by atoms with Crippen LogP contribution in [0.2, 0.25) is 0 Å². The van der Waals surface area contributed by atoms with Crippen LogP contribution >= 0.6 is 27.7 Å². The molecule has 0 fully saturated rings. The Bertz CT molecular complexity index is 81.8. The molecule has 0 nitrogen and oxygen atoms in total. The van der Waals surface area contributed by atoms with E-state index in [9.17, 15) is 0 Å². The maximum absolute atomic E-state index is 2.79. The summed E-state index contributed by atoms with van der Waals surface area (Å²) in [5.74, 6) is 1.42. The molecular weight excluding hydrogens is 302 g/mol. The molecule has 0 aliphatic heterocycles. The average Bonchev–Trinajstić information content (AvgIpc) is 2.02. The van der Waals surface area contributed by atoms with Crippen molar-refractivity contribution in [1.29, 1.82) is 0 Å². The number of rotatable bonds is 3. The van der Waals surface area contributed by atoms with E-state index in [-0.39, 0.29) is 19.5 Å². The topological polar surface area (TPSA) is 0 Å². The van der Waals surface area contributed by atoms with E-state index in [1.807, 2.05) is 0 Å². The summed E-state index contributed by atoms with van der Waals surface area (Å²) >= 11 is 0. The van der Waals surface area contributed by atoms with E-state index in [4.69, 9.17) is 0 Å². The van der Waals surface area contributed by atoms with E-state index in [1.165, 1.54) is 24.4 Å². The molecular formula is C9H24P3Ru. The summed E-state index contributed by atoms with van der Waals surface area (Å²) in [6.45, 7) is 8.54. The Morgan fingerprint density at radius 2 is 1.08 bits per heavy atom. The van der Waals surface area contributed by atoms with Gasteiger partial charge in [-0.25, -0.2) is 0 Å². The minimum Gasteiger partial charge on any atom is -0.323 e. The molecule has 0 aliphatic rings. The molecule has 0 aromatic heterocycles. The predicted octanol–water partition coefficient (Wildman–Crippen LogP) is 3.24. The molecule has 0 aromatic carbocycles. The van der Waals surface area contributed by atoms with Crippen molar-refractivity contribution in [2.45, 2.75) is 27.7 Å². The molecule has 3 atom stereocenters. The van der Waals surface area contributed by atoms with Crippen LogP contribution in [0, 0.1) is 11.3 Å². The average molecular weight is 326 g/mol. The fourth-order valence-electron chi connectivity index (χ4n) is 0.250. The van der Waals surface area contributed by atoms with Crippen LogP contribution < -0.4 is 0 Å². The Labute approximate surface area is 105 Å². The van der Waals surface area contributed by atoms with Gasteiger partial charge in [0.15, 0.2) is 0 Å². The van der Waals surface area contributed by atoms with Crippen molar-refractivity contribution in [2.24, 2.45) is 5.41 Å². The Morgan fingerprint density at radius 3 is 1.08 bits per heavy atom. The van der Waals surface area contributed by atoms with E-state index < -0.39 is 0 Å². The number of hydrogen-bond acceptors (Lipinski definition) is 0. The van der Waals surface area contributed by atoms with Gasteiger partial charge >= 0.3 is 19.5 Å². The van der Waals surface area contributed by atoms with E-state index in [0.717, 1.165) is 0 Å². The number of hydrogen-bond donors (Lipinski definition) is 0. The van der Waals surface area contributed by atoms with Gasteiger partial charge in [-0.1, -0.05) is 6.92 Å². The molecule has 0 saturated carbocycles. The van der Waals surface area contributed by atoms with Crippen LogP contribution in [0.1, 0.15) is 27.7 Å². The third kappa shape index (κ3) is 16.6. The van der Waals surface area contributed by atoms with Crippen LogP contribution in [0.5, 0.6) is 0 Å². The normalized spacial score (nSPS) is 10.2. The zero-order valence-corrected chi connectivity index (χ0v) is 14.4. The molecule has 0 spiro atoms. The third-order valence-electron chi connectivity index (χ3n) is 1.48. The van der Waals surface area contributed by atoms with Crippen molar-refractivity contribution in [3.8, 4) is 0 Å². The second-order valence-corrected chi connectivity index (χ2v) is 5.15. The Hall–Kier alpha value is 1.91. The van der Waals surface area contributed by atoms with Gasteiger partial charge in [0, 0.05) is 0 Å². The Morgan fingerprint density at radius 1 is 0.923 bits per heavy atom. The molecule has 1 radical (unpaired) electrons. The van der Waals surface area contributed by atoms with Gasteiger partial charge in [-0.3, -0.25) is 0 Å². The monoisotopic (exact) mass is 327 g/mol. The molecule has 0 amide bonds. The standard InChI is InChI=1S/C5H15P3.C4H9.Ru/c1-5(2-6,3-7)4-8;1-4(2)3;/h2-4,6-8H2,1H3;1-3H3;/q;-1;+1. The summed E-state index contributed by atoms with van der Waals surface area (Å²) in [4.78, 5) is 0.